The highest BCUT2D eigenvalue weighted by atomic mass is 16.1. The predicted octanol–water partition coefficient (Wildman–Crippen LogP) is 6.22. The van der Waals surface area contributed by atoms with Gasteiger partial charge in [0.25, 0.3) is 0 Å². The van der Waals surface area contributed by atoms with Gasteiger partial charge in [0.15, 0.2) is 11.1 Å². The number of allylic oxidation sites excluding steroid dienone is 9. The highest BCUT2D eigenvalue weighted by molar-refractivity contribution is 5.96. The van der Waals surface area contributed by atoms with E-state index in [0.717, 1.165) is 41.1 Å². The Bertz CT molecular complexity index is 1470. The molecule has 5 rings (SSSR count). The zero-order chi connectivity index (χ0) is 23.3. The Hall–Kier alpha value is -4.25. The molecular weight excluding hydrogens is 420 g/mol. The van der Waals surface area contributed by atoms with E-state index in [0.29, 0.717) is 23.4 Å². The van der Waals surface area contributed by atoms with Crippen LogP contribution in [-0.4, -0.2) is 22.3 Å². The van der Waals surface area contributed by atoms with Gasteiger partial charge in [-0.05, 0) is 54.8 Å². The van der Waals surface area contributed by atoms with E-state index in [4.69, 9.17) is 4.98 Å². The summed E-state index contributed by atoms with van der Waals surface area (Å²) in [6.07, 6.45) is 20.1. The molecule has 168 valence electrons. The lowest BCUT2D eigenvalue weighted by Gasteiger charge is -2.20. The fourth-order valence-electron chi connectivity index (χ4n) is 4.23. The average Bonchev–Trinajstić information content (AvgIpc) is 3.08. The summed E-state index contributed by atoms with van der Waals surface area (Å²) in [7, 11) is 0. The summed E-state index contributed by atoms with van der Waals surface area (Å²) in [5.74, 6) is 0.672. The number of hydrogen-bond acceptors (Lipinski definition) is 4. The lowest BCUT2D eigenvalue weighted by atomic mass is 9.99. The first kappa shape index (κ1) is 21.6. The van der Waals surface area contributed by atoms with Gasteiger partial charge in [-0.15, -0.1) is 0 Å². The molecule has 1 aliphatic heterocycles. The number of aliphatic imine (C=N–C) groups is 1. The van der Waals surface area contributed by atoms with Crippen LogP contribution in [0.3, 0.4) is 0 Å². The van der Waals surface area contributed by atoms with Crippen LogP contribution in [0.2, 0.25) is 0 Å². The van der Waals surface area contributed by atoms with E-state index < -0.39 is 0 Å². The zero-order valence-electron chi connectivity index (χ0n) is 19.1. The largest absolute Gasteiger partial charge is 0.341 e. The minimum absolute atomic E-state index is 0.0687. The third kappa shape index (κ3) is 4.46. The van der Waals surface area contributed by atoms with Gasteiger partial charge in [-0.1, -0.05) is 54.7 Å². The predicted molar refractivity (Wildman–Crippen MR) is 143 cm³/mol. The molecule has 0 amide bonds. The van der Waals surface area contributed by atoms with Gasteiger partial charge in [-0.3, -0.25) is 14.4 Å². The standard InChI is InChI=1S/C29H26N4O/c1-21-19-25(22-11-9-10-17-30-18-16-22)28-26(34)20-27(32-23-12-5-4-6-13-23)33(29(28)31-21)24-14-7-2-3-8-15-24/h2,4-9,11-17,19-20,32H,3,10,18H2,1H3/b11-9-,22-16?,30-17?. The lowest BCUT2D eigenvalue weighted by molar-refractivity contribution is 1.08. The average molecular weight is 447 g/mol. The van der Waals surface area contributed by atoms with Crippen molar-refractivity contribution in [3.63, 3.8) is 0 Å². The van der Waals surface area contributed by atoms with Gasteiger partial charge in [-0.2, -0.15) is 0 Å². The molecule has 34 heavy (non-hydrogen) atoms. The number of fused-ring (bicyclic) bond motifs is 1. The molecule has 0 saturated heterocycles. The third-order valence-corrected chi connectivity index (χ3v) is 5.76. The summed E-state index contributed by atoms with van der Waals surface area (Å²) in [6.45, 7) is 2.56. The molecule has 1 aromatic carbocycles. The SMILES string of the molecule is Cc1cc(C2=CCN=CC/C=C\2)c2c(=O)cc(Nc3ccccc3)n(C3=CC=CCC=C3)c2n1. The number of para-hydroxylation sites is 1. The fraction of sp³-hybridized carbons (Fsp3) is 0.138. The number of rotatable bonds is 4. The minimum Gasteiger partial charge on any atom is -0.341 e. The molecule has 0 unspecified atom stereocenters. The second-order valence-electron chi connectivity index (χ2n) is 8.23. The van der Waals surface area contributed by atoms with E-state index in [1.807, 2.05) is 60.2 Å². The Morgan fingerprint density at radius 1 is 1.00 bits per heavy atom. The van der Waals surface area contributed by atoms with Crippen molar-refractivity contribution in [3.8, 4) is 0 Å². The van der Waals surface area contributed by atoms with Crippen molar-refractivity contribution < 1.29 is 0 Å². The normalized spacial score (nSPS) is 16.4. The zero-order valence-corrected chi connectivity index (χ0v) is 19.1. The quantitative estimate of drug-likeness (QED) is 0.518. The van der Waals surface area contributed by atoms with Gasteiger partial charge >= 0.3 is 0 Å². The van der Waals surface area contributed by atoms with Crippen LogP contribution < -0.4 is 10.7 Å². The number of aryl methyl sites for hydroxylation is 1. The van der Waals surface area contributed by atoms with Crippen LogP contribution in [0, 0.1) is 6.92 Å². The van der Waals surface area contributed by atoms with Crippen molar-refractivity contribution in [1.82, 2.24) is 9.55 Å². The first-order valence-corrected chi connectivity index (χ1v) is 11.5. The summed E-state index contributed by atoms with van der Waals surface area (Å²) in [4.78, 5) is 22.9. The second-order valence-corrected chi connectivity index (χ2v) is 8.23. The molecule has 3 aromatic rings. The molecule has 2 aromatic heterocycles. The van der Waals surface area contributed by atoms with Crippen LogP contribution in [0.25, 0.3) is 22.3 Å². The van der Waals surface area contributed by atoms with Crippen molar-refractivity contribution in [1.29, 1.82) is 0 Å². The molecule has 1 aliphatic carbocycles. The van der Waals surface area contributed by atoms with Crippen LogP contribution in [-0.2, 0) is 0 Å². The molecule has 0 atom stereocenters. The van der Waals surface area contributed by atoms with Crippen LogP contribution in [0.15, 0.2) is 101 Å². The summed E-state index contributed by atoms with van der Waals surface area (Å²) < 4.78 is 2.04. The van der Waals surface area contributed by atoms with Crippen molar-refractivity contribution in [2.24, 2.45) is 4.99 Å². The summed E-state index contributed by atoms with van der Waals surface area (Å²) in [6, 6.07) is 13.5. The highest BCUT2D eigenvalue weighted by Crippen LogP contribution is 2.30. The summed E-state index contributed by atoms with van der Waals surface area (Å²) in [5, 5.41) is 4.04. The van der Waals surface area contributed by atoms with E-state index in [1.54, 1.807) is 6.07 Å². The van der Waals surface area contributed by atoms with Gasteiger partial charge < -0.3 is 5.32 Å². The molecular formula is C29H26N4O. The van der Waals surface area contributed by atoms with Gasteiger partial charge in [0.05, 0.1) is 11.9 Å². The van der Waals surface area contributed by atoms with E-state index in [1.165, 1.54) is 0 Å². The van der Waals surface area contributed by atoms with E-state index >= 15 is 0 Å². The van der Waals surface area contributed by atoms with Crippen molar-refractivity contribution >= 4 is 40.0 Å². The number of nitrogens with one attached hydrogen (secondary N) is 1. The molecule has 1 N–H and O–H groups in total. The molecule has 2 aliphatic rings. The van der Waals surface area contributed by atoms with Crippen molar-refractivity contribution in [2.75, 3.05) is 11.9 Å². The number of benzene rings is 1. The van der Waals surface area contributed by atoms with Crippen LogP contribution in [0.4, 0.5) is 11.5 Å². The maximum absolute atomic E-state index is 13.6. The van der Waals surface area contributed by atoms with E-state index in [-0.39, 0.29) is 5.43 Å². The Labute approximate surface area is 198 Å². The Morgan fingerprint density at radius 3 is 2.74 bits per heavy atom. The molecule has 0 bridgehead atoms. The fourth-order valence-corrected chi connectivity index (χ4v) is 4.23. The Morgan fingerprint density at radius 2 is 1.85 bits per heavy atom. The van der Waals surface area contributed by atoms with Crippen molar-refractivity contribution in [3.05, 3.63) is 113 Å². The van der Waals surface area contributed by atoms with E-state index in [2.05, 4.69) is 52.8 Å². The van der Waals surface area contributed by atoms with Crippen molar-refractivity contribution in [2.45, 2.75) is 19.8 Å². The highest BCUT2D eigenvalue weighted by Gasteiger charge is 2.18. The Balaban J connectivity index is 1.81. The Kier molecular flexibility index (Phi) is 6.17. The maximum atomic E-state index is 13.6. The van der Waals surface area contributed by atoms with E-state index in [9.17, 15) is 4.79 Å². The lowest BCUT2D eigenvalue weighted by Crippen LogP contribution is -2.16. The molecule has 0 fully saturated rings. The van der Waals surface area contributed by atoms with Gasteiger partial charge in [0.1, 0.15) is 5.82 Å². The monoisotopic (exact) mass is 446 g/mol. The molecule has 3 heterocycles. The third-order valence-electron chi connectivity index (χ3n) is 5.76. The smallest absolute Gasteiger partial charge is 0.193 e. The second kappa shape index (κ2) is 9.71. The minimum atomic E-state index is -0.0687. The maximum Gasteiger partial charge on any atom is 0.193 e. The van der Waals surface area contributed by atoms with Crippen LogP contribution in [0.1, 0.15) is 24.1 Å². The van der Waals surface area contributed by atoms with Gasteiger partial charge in [0.2, 0.25) is 0 Å². The topological polar surface area (TPSA) is 59.3 Å². The number of hydrogen-bond donors (Lipinski definition) is 1. The van der Waals surface area contributed by atoms with Gasteiger partial charge in [-0.25, -0.2) is 4.98 Å². The first-order valence-electron chi connectivity index (χ1n) is 11.5. The number of nitrogens with zero attached hydrogens (tertiary/aromatic N) is 3. The number of aromatic nitrogens is 2. The summed E-state index contributed by atoms with van der Waals surface area (Å²) in [5.41, 5.74) is 5.13. The molecule has 0 spiro atoms. The number of pyridine rings is 2. The summed E-state index contributed by atoms with van der Waals surface area (Å²) >= 11 is 0. The molecule has 0 saturated carbocycles. The van der Waals surface area contributed by atoms with Gasteiger partial charge in [0, 0.05) is 35.8 Å². The molecule has 0 radical (unpaired) electrons. The first-order chi connectivity index (χ1) is 16.7. The van der Waals surface area contributed by atoms with Crippen LogP contribution >= 0.6 is 0 Å². The number of anilines is 2. The molecule has 5 nitrogen and oxygen atoms in total. The van der Waals surface area contributed by atoms with Crippen LogP contribution in [0.5, 0.6) is 0 Å². The molecule has 5 heteroatoms.